The van der Waals surface area contributed by atoms with Gasteiger partial charge in [0.15, 0.2) is 0 Å². The Morgan fingerprint density at radius 2 is 1.94 bits per heavy atom. The van der Waals surface area contributed by atoms with Crippen LogP contribution in [-0.2, 0) is 14.3 Å². The van der Waals surface area contributed by atoms with Crippen molar-refractivity contribution in [3.63, 3.8) is 0 Å². The van der Waals surface area contributed by atoms with Crippen LogP contribution in [0.15, 0.2) is 24.3 Å². The first kappa shape index (κ1) is 17.4. The number of rotatable bonds is 10. The van der Waals surface area contributed by atoms with Gasteiger partial charge in [0.1, 0.15) is 0 Å². The zero-order chi connectivity index (χ0) is 13.9. The molecule has 1 atom stereocenters. The summed E-state index contributed by atoms with van der Waals surface area (Å²) in [4.78, 5) is 0. The Morgan fingerprint density at radius 1 is 1.22 bits per heavy atom. The van der Waals surface area contributed by atoms with E-state index in [2.05, 4.69) is 24.1 Å². The van der Waals surface area contributed by atoms with E-state index in [1.54, 1.807) is 0 Å². The van der Waals surface area contributed by atoms with Gasteiger partial charge in [0.25, 0.3) is 10.1 Å². The molecule has 0 saturated carbocycles. The second-order valence-electron chi connectivity index (χ2n) is 4.60. The van der Waals surface area contributed by atoms with Crippen LogP contribution in [0, 0.1) is 5.92 Å². The van der Waals surface area contributed by atoms with Gasteiger partial charge in [-0.1, -0.05) is 57.4 Å². The number of unbranched alkanes of at least 4 members (excludes halogenated alkanes) is 2. The van der Waals surface area contributed by atoms with E-state index >= 15 is 0 Å². The molecule has 18 heavy (non-hydrogen) atoms. The minimum atomic E-state index is -3.30. The van der Waals surface area contributed by atoms with Gasteiger partial charge in [-0.3, -0.25) is 4.18 Å². The van der Waals surface area contributed by atoms with Crippen LogP contribution >= 0.6 is 0 Å². The Balaban J connectivity index is 3.61. The standard InChI is InChI=1S/C14H26O3S/c1-4-5-8-11-14(2)12-9-6-7-10-13-17-18(3,15)16/h6-7,9,12,14H,4-5,8,10-11,13H2,1-3H3/b7-6-,12-9+/t14-/m0/s1. The van der Waals surface area contributed by atoms with Crippen LogP contribution in [0.3, 0.4) is 0 Å². The number of hydrogen-bond acceptors (Lipinski definition) is 3. The lowest BCUT2D eigenvalue weighted by atomic mass is 10.0. The molecule has 0 N–H and O–H groups in total. The van der Waals surface area contributed by atoms with E-state index in [4.69, 9.17) is 0 Å². The summed E-state index contributed by atoms with van der Waals surface area (Å²) in [6.45, 7) is 4.64. The van der Waals surface area contributed by atoms with Gasteiger partial charge in [-0.05, 0) is 18.8 Å². The molecule has 0 aromatic heterocycles. The molecule has 0 aliphatic heterocycles. The molecular formula is C14H26O3S. The van der Waals surface area contributed by atoms with Crippen molar-refractivity contribution in [3.8, 4) is 0 Å². The minimum absolute atomic E-state index is 0.217. The van der Waals surface area contributed by atoms with E-state index in [-0.39, 0.29) is 6.61 Å². The lowest BCUT2D eigenvalue weighted by molar-refractivity contribution is 0.328. The topological polar surface area (TPSA) is 43.4 Å². The molecule has 0 spiro atoms. The largest absolute Gasteiger partial charge is 0.270 e. The van der Waals surface area contributed by atoms with Gasteiger partial charge in [0.2, 0.25) is 0 Å². The average Bonchev–Trinajstić information content (AvgIpc) is 2.26. The predicted molar refractivity (Wildman–Crippen MR) is 77.0 cm³/mol. The molecule has 3 nitrogen and oxygen atoms in total. The number of allylic oxidation sites excluding steroid dienone is 3. The van der Waals surface area contributed by atoms with E-state index < -0.39 is 10.1 Å². The third-order valence-corrected chi connectivity index (χ3v) is 3.13. The van der Waals surface area contributed by atoms with Gasteiger partial charge in [-0.25, -0.2) is 0 Å². The summed E-state index contributed by atoms with van der Waals surface area (Å²) >= 11 is 0. The molecule has 0 saturated heterocycles. The summed E-state index contributed by atoms with van der Waals surface area (Å²) in [7, 11) is -3.30. The van der Waals surface area contributed by atoms with Crippen LogP contribution in [-0.4, -0.2) is 21.3 Å². The molecule has 0 unspecified atom stereocenters. The third kappa shape index (κ3) is 13.5. The van der Waals surface area contributed by atoms with Crippen molar-refractivity contribution >= 4 is 10.1 Å². The van der Waals surface area contributed by atoms with Gasteiger partial charge < -0.3 is 0 Å². The molecule has 0 aliphatic rings. The second kappa shape index (κ2) is 10.3. The van der Waals surface area contributed by atoms with Crippen molar-refractivity contribution in [1.29, 1.82) is 0 Å². The Bertz CT molecular complexity index is 342. The first-order valence-electron chi connectivity index (χ1n) is 6.63. The fourth-order valence-electron chi connectivity index (χ4n) is 1.51. The lowest BCUT2D eigenvalue weighted by Gasteiger charge is -2.03. The summed E-state index contributed by atoms with van der Waals surface area (Å²) in [5, 5.41) is 0. The van der Waals surface area contributed by atoms with Crippen molar-refractivity contribution < 1.29 is 12.6 Å². The Labute approximate surface area is 112 Å². The van der Waals surface area contributed by atoms with Crippen molar-refractivity contribution in [2.75, 3.05) is 12.9 Å². The monoisotopic (exact) mass is 274 g/mol. The van der Waals surface area contributed by atoms with Crippen molar-refractivity contribution in [1.82, 2.24) is 0 Å². The molecule has 0 aliphatic carbocycles. The fourth-order valence-corrected chi connectivity index (χ4v) is 1.91. The van der Waals surface area contributed by atoms with Gasteiger partial charge >= 0.3 is 0 Å². The van der Waals surface area contributed by atoms with Gasteiger partial charge in [-0.15, -0.1) is 0 Å². The van der Waals surface area contributed by atoms with Crippen LogP contribution in [0.4, 0.5) is 0 Å². The highest BCUT2D eigenvalue weighted by molar-refractivity contribution is 7.85. The van der Waals surface area contributed by atoms with E-state index in [0.717, 1.165) is 6.26 Å². The van der Waals surface area contributed by atoms with E-state index in [0.29, 0.717) is 12.3 Å². The zero-order valence-electron chi connectivity index (χ0n) is 11.8. The van der Waals surface area contributed by atoms with Crippen LogP contribution in [0.1, 0.15) is 46.0 Å². The van der Waals surface area contributed by atoms with Crippen molar-refractivity contribution in [2.45, 2.75) is 46.0 Å². The van der Waals surface area contributed by atoms with Crippen molar-refractivity contribution in [2.24, 2.45) is 5.92 Å². The Kier molecular flexibility index (Phi) is 9.98. The summed E-state index contributed by atoms with van der Waals surface area (Å²) in [5.41, 5.74) is 0. The maximum atomic E-state index is 10.7. The number of hydrogen-bond donors (Lipinski definition) is 0. The SMILES string of the molecule is CCCCC[C@H](C)/C=C/C=C\CCOS(C)(=O)=O. The summed E-state index contributed by atoms with van der Waals surface area (Å²) in [6.07, 6.45) is 14.8. The lowest BCUT2D eigenvalue weighted by Crippen LogP contribution is -2.02. The molecule has 0 radical (unpaired) electrons. The Morgan fingerprint density at radius 3 is 2.56 bits per heavy atom. The summed E-state index contributed by atoms with van der Waals surface area (Å²) in [5.74, 6) is 0.605. The second-order valence-corrected chi connectivity index (χ2v) is 6.24. The van der Waals surface area contributed by atoms with Gasteiger partial charge in [-0.2, -0.15) is 8.42 Å². The quantitative estimate of drug-likeness (QED) is 0.347. The maximum absolute atomic E-state index is 10.7. The highest BCUT2D eigenvalue weighted by atomic mass is 32.2. The summed E-state index contributed by atoms with van der Waals surface area (Å²) < 4.78 is 26.0. The van der Waals surface area contributed by atoms with E-state index in [1.165, 1.54) is 25.7 Å². The molecule has 0 rings (SSSR count). The predicted octanol–water partition coefficient (Wildman–Crippen LogP) is 3.68. The summed E-state index contributed by atoms with van der Waals surface area (Å²) in [6, 6.07) is 0. The van der Waals surface area contributed by atoms with Crippen molar-refractivity contribution in [3.05, 3.63) is 24.3 Å². The van der Waals surface area contributed by atoms with E-state index in [1.807, 2.05) is 18.2 Å². The van der Waals surface area contributed by atoms with Gasteiger partial charge in [0.05, 0.1) is 12.9 Å². The molecule has 0 heterocycles. The van der Waals surface area contributed by atoms with Crippen LogP contribution < -0.4 is 0 Å². The molecule has 4 heteroatoms. The zero-order valence-corrected chi connectivity index (χ0v) is 12.6. The molecule has 0 fully saturated rings. The molecule has 0 amide bonds. The third-order valence-electron chi connectivity index (χ3n) is 2.53. The molecule has 0 bridgehead atoms. The van der Waals surface area contributed by atoms with Crippen LogP contribution in [0.25, 0.3) is 0 Å². The van der Waals surface area contributed by atoms with Crippen LogP contribution in [0.5, 0.6) is 0 Å². The highest BCUT2D eigenvalue weighted by Gasteiger charge is 1.98. The van der Waals surface area contributed by atoms with Gasteiger partial charge in [0, 0.05) is 0 Å². The first-order valence-corrected chi connectivity index (χ1v) is 8.45. The smallest absolute Gasteiger partial charge is 0.264 e. The van der Waals surface area contributed by atoms with E-state index in [9.17, 15) is 8.42 Å². The molecule has 0 aromatic rings. The normalized spacial score (nSPS) is 14.6. The first-order chi connectivity index (χ1) is 8.45. The molecule has 106 valence electrons. The van der Waals surface area contributed by atoms with Crippen LogP contribution in [0.2, 0.25) is 0 Å². The average molecular weight is 274 g/mol. The molecular weight excluding hydrogens is 248 g/mol. The highest BCUT2D eigenvalue weighted by Crippen LogP contribution is 2.10. The fraction of sp³-hybridized carbons (Fsp3) is 0.714. The Hall–Kier alpha value is -0.610. The maximum Gasteiger partial charge on any atom is 0.264 e. The minimum Gasteiger partial charge on any atom is -0.270 e. The molecule has 0 aromatic carbocycles.